The van der Waals surface area contributed by atoms with E-state index in [1.165, 1.54) is 6.07 Å². The number of aliphatic hydroxyl groups is 1. The van der Waals surface area contributed by atoms with Gasteiger partial charge in [0, 0.05) is 6.07 Å². The molecule has 0 radical (unpaired) electrons. The van der Waals surface area contributed by atoms with E-state index in [1.54, 1.807) is 6.92 Å². The van der Waals surface area contributed by atoms with Crippen molar-refractivity contribution in [3.05, 3.63) is 23.3 Å². The molecular weight excluding hydrogens is 272 g/mol. The predicted molar refractivity (Wildman–Crippen MR) is 77.4 cm³/mol. The lowest BCUT2D eigenvalue weighted by Crippen LogP contribution is -2.29. The first-order chi connectivity index (χ1) is 9.99. The quantitative estimate of drug-likeness (QED) is 0.640. The molecule has 1 aromatic rings. The number of benzene rings is 1. The zero-order valence-corrected chi connectivity index (χ0v) is 12.2. The average molecular weight is 294 g/mol. The van der Waals surface area contributed by atoms with Crippen LogP contribution in [-0.2, 0) is 11.2 Å². The Morgan fingerprint density at radius 3 is 2.62 bits per heavy atom. The van der Waals surface area contributed by atoms with Crippen molar-refractivity contribution in [1.82, 2.24) is 0 Å². The number of carbonyl (C=O) groups excluding carboxylic acids is 1. The lowest BCUT2D eigenvalue weighted by Gasteiger charge is -2.21. The van der Waals surface area contributed by atoms with Gasteiger partial charge in [0.05, 0.1) is 6.10 Å². The highest BCUT2D eigenvalue weighted by molar-refractivity contribution is 5.94. The van der Waals surface area contributed by atoms with Gasteiger partial charge in [0.15, 0.2) is 0 Å². The van der Waals surface area contributed by atoms with Crippen LogP contribution in [0.3, 0.4) is 0 Å². The Bertz CT molecular complexity index is 512. The molecule has 5 nitrogen and oxygen atoms in total. The van der Waals surface area contributed by atoms with Crippen LogP contribution in [0.2, 0.25) is 0 Å². The van der Waals surface area contributed by atoms with Gasteiger partial charge < -0.3 is 20.1 Å². The topological polar surface area (TPSA) is 87.0 Å². The molecule has 1 heterocycles. The van der Waals surface area contributed by atoms with Crippen LogP contribution in [0.25, 0.3) is 0 Å². The summed E-state index contributed by atoms with van der Waals surface area (Å²) in [5, 5.41) is 29.5. The molecule has 2 atom stereocenters. The average Bonchev–Trinajstić information content (AvgIpc) is 2.40. The molecule has 0 fully saturated rings. The maximum absolute atomic E-state index is 12.2. The van der Waals surface area contributed by atoms with E-state index in [2.05, 4.69) is 0 Å². The molecule has 3 N–H and O–H groups in total. The molecule has 2 unspecified atom stereocenters. The Balaban J connectivity index is 2.33. The Morgan fingerprint density at radius 1 is 1.14 bits per heavy atom. The van der Waals surface area contributed by atoms with Crippen LogP contribution in [0.1, 0.15) is 54.9 Å². The van der Waals surface area contributed by atoms with Crippen molar-refractivity contribution in [1.29, 1.82) is 0 Å². The maximum Gasteiger partial charge on any atom is 0.342 e. The second-order valence-electron chi connectivity index (χ2n) is 5.63. The largest absolute Gasteiger partial charge is 0.508 e. The van der Waals surface area contributed by atoms with E-state index in [9.17, 15) is 20.1 Å². The molecule has 1 aromatic carbocycles. The fourth-order valence-corrected chi connectivity index (χ4v) is 2.67. The van der Waals surface area contributed by atoms with Gasteiger partial charge in [-0.25, -0.2) is 4.79 Å². The van der Waals surface area contributed by atoms with Crippen molar-refractivity contribution < 1.29 is 24.9 Å². The monoisotopic (exact) mass is 294 g/mol. The number of phenolic OH excluding ortho intramolecular Hbond substituents is 2. The molecule has 0 amide bonds. The van der Waals surface area contributed by atoms with Crippen LogP contribution >= 0.6 is 0 Å². The van der Waals surface area contributed by atoms with E-state index in [0.717, 1.165) is 31.7 Å². The summed E-state index contributed by atoms with van der Waals surface area (Å²) < 4.78 is 5.25. The SMILES string of the molecule is CC1OC(=O)c2c(O)cc(O)cc2CCCCCCC1O. The van der Waals surface area contributed by atoms with Gasteiger partial charge in [-0.15, -0.1) is 0 Å². The summed E-state index contributed by atoms with van der Waals surface area (Å²) in [4.78, 5) is 12.2. The van der Waals surface area contributed by atoms with Crippen LogP contribution in [0.5, 0.6) is 11.5 Å². The van der Waals surface area contributed by atoms with Crippen molar-refractivity contribution >= 4 is 5.97 Å². The molecule has 0 aromatic heterocycles. The lowest BCUT2D eigenvalue weighted by atomic mass is 9.97. The first-order valence-electron chi connectivity index (χ1n) is 7.43. The van der Waals surface area contributed by atoms with Gasteiger partial charge in [-0.3, -0.25) is 0 Å². The van der Waals surface area contributed by atoms with Gasteiger partial charge in [-0.1, -0.05) is 19.3 Å². The second kappa shape index (κ2) is 6.80. The summed E-state index contributed by atoms with van der Waals surface area (Å²) in [6.45, 7) is 1.64. The van der Waals surface area contributed by atoms with Crippen LogP contribution in [0.15, 0.2) is 12.1 Å². The number of hydrogen-bond donors (Lipinski definition) is 3. The highest BCUT2D eigenvalue weighted by atomic mass is 16.6. The molecule has 0 aliphatic carbocycles. The number of ether oxygens (including phenoxy) is 1. The molecule has 5 heteroatoms. The predicted octanol–water partition coefficient (Wildman–Crippen LogP) is 2.51. The Kier molecular flexibility index (Phi) is 5.07. The molecule has 1 aliphatic rings. The standard InChI is InChI=1S/C16H22O5/c1-10-13(18)7-5-3-2-4-6-11-8-12(17)9-14(19)15(11)16(20)21-10/h8-10,13,17-19H,2-7H2,1H3. The van der Waals surface area contributed by atoms with Gasteiger partial charge in [0.25, 0.3) is 0 Å². The van der Waals surface area contributed by atoms with Crippen molar-refractivity contribution in [3.63, 3.8) is 0 Å². The molecule has 116 valence electrons. The molecule has 0 saturated heterocycles. The molecule has 2 rings (SSSR count). The minimum absolute atomic E-state index is 0.0702. The van der Waals surface area contributed by atoms with E-state index in [1.807, 2.05) is 0 Å². The van der Waals surface area contributed by atoms with Crippen molar-refractivity contribution in [2.45, 2.75) is 57.7 Å². The first kappa shape index (κ1) is 15.6. The number of aryl methyl sites for hydroxylation is 1. The number of aliphatic hydroxyl groups excluding tert-OH is 1. The number of cyclic esters (lactones) is 1. The molecule has 0 bridgehead atoms. The fourth-order valence-electron chi connectivity index (χ4n) is 2.67. The lowest BCUT2D eigenvalue weighted by molar-refractivity contribution is -0.0144. The minimum Gasteiger partial charge on any atom is -0.508 e. The fraction of sp³-hybridized carbons (Fsp3) is 0.562. The third kappa shape index (κ3) is 3.88. The van der Waals surface area contributed by atoms with Crippen LogP contribution < -0.4 is 0 Å². The third-order valence-corrected chi connectivity index (χ3v) is 3.92. The first-order valence-corrected chi connectivity index (χ1v) is 7.43. The molecule has 21 heavy (non-hydrogen) atoms. The van der Waals surface area contributed by atoms with Crippen molar-refractivity contribution in [3.8, 4) is 11.5 Å². The summed E-state index contributed by atoms with van der Waals surface area (Å²) in [7, 11) is 0. The number of fused-ring (bicyclic) bond motifs is 1. The van der Waals surface area contributed by atoms with E-state index < -0.39 is 18.2 Å². The molecular formula is C16H22O5. The summed E-state index contributed by atoms with van der Waals surface area (Å²) in [6, 6.07) is 2.62. The number of esters is 1. The van der Waals surface area contributed by atoms with E-state index in [4.69, 9.17) is 4.74 Å². The minimum atomic E-state index is -0.698. The second-order valence-corrected chi connectivity index (χ2v) is 5.63. The van der Waals surface area contributed by atoms with Gasteiger partial charge in [-0.05, 0) is 37.8 Å². The summed E-state index contributed by atoms with van der Waals surface area (Å²) >= 11 is 0. The zero-order chi connectivity index (χ0) is 15.4. The summed E-state index contributed by atoms with van der Waals surface area (Å²) in [5.74, 6) is -1.01. The number of hydrogen-bond acceptors (Lipinski definition) is 5. The normalized spacial score (nSPS) is 24.4. The molecule has 0 spiro atoms. The molecule has 1 aliphatic heterocycles. The Hall–Kier alpha value is -1.75. The zero-order valence-electron chi connectivity index (χ0n) is 12.2. The number of carbonyl (C=O) groups is 1. The summed E-state index contributed by atoms with van der Waals surface area (Å²) in [6.07, 6.45) is 3.60. The van der Waals surface area contributed by atoms with Gasteiger partial charge in [0.2, 0.25) is 0 Å². The van der Waals surface area contributed by atoms with Crippen LogP contribution in [-0.4, -0.2) is 33.5 Å². The van der Waals surface area contributed by atoms with Gasteiger partial charge >= 0.3 is 5.97 Å². The molecule has 0 saturated carbocycles. The van der Waals surface area contributed by atoms with Crippen molar-refractivity contribution in [2.75, 3.05) is 0 Å². The Morgan fingerprint density at radius 2 is 1.86 bits per heavy atom. The van der Waals surface area contributed by atoms with E-state index in [0.29, 0.717) is 18.4 Å². The highest BCUT2D eigenvalue weighted by Gasteiger charge is 2.24. The number of rotatable bonds is 0. The van der Waals surface area contributed by atoms with Crippen molar-refractivity contribution in [2.24, 2.45) is 0 Å². The summed E-state index contributed by atoms with van der Waals surface area (Å²) in [5.41, 5.74) is 0.673. The number of aromatic hydroxyl groups is 2. The smallest absolute Gasteiger partial charge is 0.342 e. The Labute approximate surface area is 124 Å². The third-order valence-electron chi connectivity index (χ3n) is 3.92. The van der Waals surface area contributed by atoms with Gasteiger partial charge in [0.1, 0.15) is 23.2 Å². The van der Waals surface area contributed by atoms with Crippen LogP contribution in [0, 0.1) is 0 Å². The number of phenols is 2. The highest BCUT2D eigenvalue weighted by Crippen LogP contribution is 2.30. The van der Waals surface area contributed by atoms with Gasteiger partial charge in [-0.2, -0.15) is 0 Å². The maximum atomic E-state index is 12.2. The van der Waals surface area contributed by atoms with Crippen LogP contribution in [0.4, 0.5) is 0 Å². The van der Waals surface area contributed by atoms with E-state index >= 15 is 0 Å². The van der Waals surface area contributed by atoms with E-state index in [-0.39, 0.29) is 17.1 Å².